The molecule has 0 atom stereocenters. The normalized spacial score (nSPS) is 12.8. The fourth-order valence-corrected chi connectivity index (χ4v) is 6.97. The van der Waals surface area contributed by atoms with Crippen molar-refractivity contribution in [2.24, 2.45) is 9.98 Å². The molecule has 0 spiro atoms. The average molecular weight is 537 g/mol. The summed E-state index contributed by atoms with van der Waals surface area (Å²) in [4.78, 5) is 35.4. The van der Waals surface area contributed by atoms with Crippen LogP contribution < -0.4 is 9.60 Å². The molecule has 8 heteroatoms. The minimum absolute atomic E-state index is 0.0535. The third-order valence-corrected chi connectivity index (χ3v) is 8.61. The van der Waals surface area contributed by atoms with Crippen LogP contribution in [0.1, 0.15) is 69.9 Å². The molecule has 0 fully saturated rings. The Hall–Kier alpha value is -2.84. The lowest BCUT2D eigenvalue weighted by Gasteiger charge is -2.01. The van der Waals surface area contributed by atoms with E-state index in [9.17, 15) is 9.59 Å². The van der Waals surface area contributed by atoms with Crippen LogP contribution in [0.15, 0.2) is 46.4 Å². The van der Waals surface area contributed by atoms with E-state index in [1.165, 1.54) is 20.5 Å². The van der Waals surface area contributed by atoms with Crippen LogP contribution in [0.5, 0.6) is 0 Å². The van der Waals surface area contributed by atoms with Gasteiger partial charge in [-0.15, -0.1) is 0 Å². The highest BCUT2D eigenvalue weighted by atomic mass is 32.1. The quantitative estimate of drug-likeness (QED) is 0.213. The fraction of sp³-hybridized carbons (Fsp3) is 0.448. The van der Waals surface area contributed by atoms with E-state index in [0.717, 1.165) is 65.8 Å². The number of aromatic nitrogens is 2. The summed E-state index contributed by atoms with van der Waals surface area (Å²) in [5.41, 5.74) is 4.70. The summed E-state index contributed by atoms with van der Waals surface area (Å²) in [6.45, 7) is 9.91. The van der Waals surface area contributed by atoms with Gasteiger partial charge in [-0.1, -0.05) is 54.1 Å². The zero-order chi connectivity index (χ0) is 26.4. The van der Waals surface area contributed by atoms with E-state index < -0.39 is 0 Å². The van der Waals surface area contributed by atoms with Gasteiger partial charge in [0.2, 0.25) is 11.8 Å². The van der Waals surface area contributed by atoms with Gasteiger partial charge < -0.3 is 9.13 Å². The molecule has 4 aromatic rings. The molecule has 6 nitrogen and oxygen atoms in total. The summed E-state index contributed by atoms with van der Waals surface area (Å²) < 4.78 is 6.56. The number of fused-ring (bicyclic) bond motifs is 2. The number of hydrogen-bond acceptors (Lipinski definition) is 4. The summed E-state index contributed by atoms with van der Waals surface area (Å²) in [6, 6.07) is 12.7. The average Bonchev–Trinajstić information content (AvgIpc) is 3.38. The molecule has 2 aromatic heterocycles. The van der Waals surface area contributed by atoms with Gasteiger partial charge in [0.05, 0.1) is 20.4 Å². The lowest BCUT2D eigenvalue weighted by molar-refractivity contribution is -0.118. The van der Waals surface area contributed by atoms with Crippen LogP contribution in [-0.2, 0) is 22.7 Å². The van der Waals surface area contributed by atoms with E-state index in [1.54, 1.807) is 22.7 Å². The van der Waals surface area contributed by atoms with Crippen LogP contribution in [-0.4, -0.2) is 20.9 Å². The van der Waals surface area contributed by atoms with E-state index in [-0.39, 0.29) is 11.8 Å². The van der Waals surface area contributed by atoms with Gasteiger partial charge in [0.25, 0.3) is 0 Å². The van der Waals surface area contributed by atoms with E-state index in [1.807, 2.05) is 0 Å². The highest BCUT2D eigenvalue weighted by molar-refractivity contribution is 7.16. The molecule has 0 saturated carbocycles. The van der Waals surface area contributed by atoms with Crippen LogP contribution in [0.4, 0.5) is 0 Å². The number of aryl methyl sites for hydroxylation is 4. The summed E-state index contributed by atoms with van der Waals surface area (Å²) in [7, 11) is 0. The van der Waals surface area contributed by atoms with Crippen molar-refractivity contribution in [2.75, 3.05) is 0 Å². The minimum Gasteiger partial charge on any atom is -0.317 e. The summed E-state index contributed by atoms with van der Waals surface area (Å²) in [6.07, 6.45) is 5.54. The highest BCUT2D eigenvalue weighted by Crippen LogP contribution is 2.20. The van der Waals surface area contributed by atoms with Crippen molar-refractivity contribution in [3.05, 3.63) is 57.1 Å². The number of rotatable bonds is 10. The molecule has 0 aliphatic heterocycles. The van der Waals surface area contributed by atoms with Gasteiger partial charge in [0.15, 0.2) is 9.60 Å². The Morgan fingerprint density at radius 3 is 1.49 bits per heavy atom. The molecule has 0 N–H and O–H groups in total. The first-order valence-electron chi connectivity index (χ1n) is 13.2. The molecule has 0 aliphatic carbocycles. The first-order valence-corrected chi connectivity index (χ1v) is 14.9. The van der Waals surface area contributed by atoms with Crippen molar-refractivity contribution in [3.8, 4) is 0 Å². The third-order valence-electron chi connectivity index (χ3n) is 6.53. The van der Waals surface area contributed by atoms with Crippen molar-refractivity contribution in [1.29, 1.82) is 0 Å². The lowest BCUT2D eigenvalue weighted by atomic mass is 10.1. The topological polar surface area (TPSA) is 68.7 Å². The number of carbonyl (C=O) groups is 2. The second-order valence-corrected chi connectivity index (χ2v) is 11.5. The van der Waals surface area contributed by atoms with E-state index >= 15 is 0 Å². The highest BCUT2D eigenvalue weighted by Gasteiger charge is 2.09. The zero-order valence-electron chi connectivity index (χ0n) is 22.2. The van der Waals surface area contributed by atoms with Gasteiger partial charge >= 0.3 is 0 Å². The smallest absolute Gasteiger partial charge is 0.248 e. The molecule has 0 unspecified atom stereocenters. The Bertz CT molecular complexity index is 1440. The summed E-state index contributed by atoms with van der Waals surface area (Å²) in [5, 5.41) is 0. The third kappa shape index (κ3) is 6.73. The van der Waals surface area contributed by atoms with Gasteiger partial charge in [-0.25, -0.2) is 0 Å². The Labute approximate surface area is 226 Å². The molecule has 2 aromatic carbocycles. The Balaban J connectivity index is 1.22. The fourth-order valence-electron chi connectivity index (χ4n) is 4.55. The molecule has 2 heterocycles. The first-order chi connectivity index (χ1) is 17.9. The number of carbonyl (C=O) groups excluding carboxylic acids is 2. The van der Waals surface area contributed by atoms with Gasteiger partial charge in [-0.2, -0.15) is 9.98 Å². The van der Waals surface area contributed by atoms with Crippen molar-refractivity contribution < 1.29 is 9.59 Å². The molecule has 2 amide bonds. The number of hydrogen-bond donors (Lipinski definition) is 0. The molecule has 0 saturated heterocycles. The molecule has 196 valence electrons. The maximum absolute atomic E-state index is 12.5. The van der Waals surface area contributed by atoms with Crippen LogP contribution >= 0.6 is 22.7 Å². The molecular weight excluding hydrogens is 500 g/mol. The summed E-state index contributed by atoms with van der Waals surface area (Å²) in [5.74, 6) is -0.107. The Morgan fingerprint density at radius 2 is 1.08 bits per heavy atom. The van der Waals surface area contributed by atoms with E-state index in [2.05, 4.69) is 83.2 Å². The number of benzene rings is 2. The number of thiazole rings is 2. The molecule has 0 radical (unpaired) electrons. The minimum atomic E-state index is -0.0535. The predicted octanol–water partition coefficient (Wildman–Crippen LogP) is 6.66. The largest absolute Gasteiger partial charge is 0.317 e. The second kappa shape index (κ2) is 12.6. The van der Waals surface area contributed by atoms with Gasteiger partial charge in [-0.05, 0) is 75.9 Å². The van der Waals surface area contributed by atoms with Crippen molar-refractivity contribution in [2.45, 2.75) is 85.7 Å². The van der Waals surface area contributed by atoms with Crippen molar-refractivity contribution in [1.82, 2.24) is 9.13 Å². The van der Waals surface area contributed by atoms with Crippen molar-refractivity contribution in [3.63, 3.8) is 0 Å². The Morgan fingerprint density at radius 1 is 0.676 bits per heavy atom. The lowest BCUT2D eigenvalue weighted by Crippen LogP contribution is -2.15. The SMILES string of the molecule is CCn1c(=NC(=O)CCCCCCCC(=O)N=c2sc3cc(C)ccc3n2CC)sc2cc(C)ccc21. The number of nitrogens with zero attached hydrogens (tertiary/aromatic N) is 4. The van der Waals surface area contributed by atoms with Gasteiger partial charge in [-0.3, -0.25) is 9.59 Å². The van der Waals surface area contributed by atoms with Crippen molar-refractivity contribution >= 4 is 54.9 Å². The second-order valence-electron chi connectivity index (χ2n) is 9.48. The molecular formula is C29H36N4O2S2. The van der Waals surface area contributed by atoms with Gasteiger partial charge in [0, 0.05) is 25.9 Å². The van der Waals surface area contributed by atoms with Crippen LogP contribution in [0.2, 0.25) is 0 Å². The maximum atomic E-state index is 12.5. The van der Waals surface area contributed by atoms with Crippen LogP contribution in [0, 0.1) is 13.8 Å². The molecule has 4 rings (SSSR count). The molecule has 37 heavy (non-hydrogen) atoms. The Kier molecular flexibility index (Phi) is 9.27. The van der Waals surface area contributed by atoms with E-state index in [4.69, 9.17) is 0 Å². The van der Waals surface area contributed by atoms with Gasteiger partial charge in [0.1, 0.15) is 0 Å². The van der Waals surface area contributed by atoms with E-state index in [0.29, 0.717) is 12.8 Å². The van der Waals surface area contributed by atoms with Crippen LogP contribution in [0.25, 0.3) is 20.4 Å². The summed E-state index contributed by atoms with van der Waals surface area (Å²) >= 11 is 3.16. The van der Waals surface area contributed by atoms with Crippen LogP contribution in [0.3, 0.4) is 0 Å². The molecule has 0 aliphatic rings. The standard InChI is InChI=1S/C29H36N4O2S2/c1-5-32-22-16-14-20(3)18-24(22)36-28(32)30-26(34)12-10-8-7-9-11-13-27(35)31-29-33(6-2)23-17-15-21(4)19-25(23)37-29/h14-19H,5-13H2,1-4H3. The monoisotopic (exact) mass is 536 g/mol. The zero-order valence-corrected chi connectivity index (χ0v) is 23.9. The predicted molar refractivity (Wildman–Crippen MR) is 154 cm³/mol. The molecule has 0 bridgehead atoms. The first kappa shape index (κ1) is 27.2. The maximum Gasteiger partial charge on any atom is 0.248 e. The number of unbranched alkanes of at least 4 members (excludes halogenated alkanes) is 4. The number of amides is 2.